The maximum atomic E-state index is 10.3. The molecule has 0 saturated carbocycles. The van der Waals surface area contributed by atoms with Gasteiger partial charge in [0.1, 0.15) is 17.7 Å². The first-order valence-electron chi connectivity index (χ1n) is 5.58. The Morgan fingerprint density at radius 2 is 2.41 bits per heavy atom. The van der Waals surface area contributed by atoms with E-state index in [0.717, 1.165) is 17.8 Å². The molecule has 0 aliphatic rings. The normalized spacial score (nSPS) is 12.6. The Morgan fingerprint density at radius 3 is 3.12 bits per heavy atom. The molecule has 17 heavy (non-hydrogen) atoms. The molecule has 4 nitrogen and oxygen atoms in total. The molecular weight excluding hydrogens is 236 g/mol. The minimum absolute atomic E-state index is 0.674. The van der Waals surface area contributed by atoms with E-state index in [0.29, 0.717) is 11.6 Å². The number of thiophene rings is 1. The second kappa shape index (κ2) is 5.33. The number of hydrogen-bond donors (Lipinski definition) is 1. The fraction of sp³-hybridized carbons (Fsp3) is 0.417. The third-order valence-corrected chi connectivity index (χ3v) is 3.53. The molecule has 2 aromatic heterocycles. The summed E-state index contributed by atoms with van der Waals surface area (Å²) in [5.41, 5.74) is 0. The summed E-state index contributed by atoms with van der Waals surface area (Å²) in [7, 11) is 1.61. The van der Waals surface area contributed by atoms with Crippen molar-refractivity contribution in [1.82, 2.24) is 9.55 Å². The summed E-state index contributed by atoms with van der Waals surface area (Å²) in [5.74, 6) is 1.39. The molecule has 1 atom stereocenters. The molecule has 0 amide bonds. The van der Waals surface area contributed by atoms with Gasteiger partial charge >= 0.3 is 0 Å². The number of hydrogen-bond acceptors (Lipinski definition) is 4. The van der Waals surface area contributed by atoms with Crippen molar-refractivity contribution >= 4 is 11.3 Å². The monoisotopic (exact) mass is 252 g/mol. The van der Waals surface area contributed by atoms with Gasteiger partial charge < -0.3 is 14.4 Å². The minimum Gasteiger partial charge on any atom is -0.495 e. The van der Waals surface area contributed by atoms with Crippen molar-refractivity contribution < 1.29 is 9.84 Å². The Kier molecular flexibility index (Phi) is 3.81. The molecule has 5 heteroatoms. The molecule has 0 saturated heterocycles. The van der Waals surface area contributed by atoms with E-state index in [2.05, 4.69) is 11.9 Å². The van der Waals surface area contributed by atoms with E-state index in [4.69, 9.17) is 4.74 Å². The molecule has 0 bridgehead atoms. The van der Waals surface area contributed by atoms with Gasteiger partial charge in [0.05, 0.1) is 12.0 Å². The van der Waals surface area contributed by atoms with Crippen LogP contribution in [0.1, 0.15) is 30.2 Å². The fourth-order valence-corrected chi connectivity index (χ4v) is 2.63. The number of aryl methyl sites for hydroxylation is 1. The van der Waals surface area contributed by atoms with E-state index >= 15 is 0 Å². The van der Waals surface area contributed by atoms with Crippen LogP contribution in [-0.2, 0) is 6.54 Å². The number of aliphatic hydroxyl groups is 1. The highest BCUT2D eigenvalue weighted by atomic mass is 32.1. The molecule has 92 valence electrons. The Morgan fingerprint density at radius 1 is 1.59 bits per heavy atom. The lowest BCUT2D eigenvalue weighted by atomic mass is 10.2. The topological polar surface area (TPSA) is 47.3 Å². The Hall–Kier alpha value is -1.33. The van der Waals surface area contributed by atoms with Crippen molar-refractivity contribution in [2.24, 2.45) is 0 Å². The lowest BCUT2D eigenvalue weighted by Gasteiger charge is -2.12. The van der Waals surface area contributed by atoms with Crippen LogP contribution in [0.2, 0.25) is 0 Å². The van der Waals surface area contributed by atoms with E-state index in [1.54, 1.807) is 13.3 Å². The third kappa shape index (κ3) is 2.35. The van der Waals surface area contributed by atoms with Gasteiger partial charge in [-0.25, -0.2) is 4.98 Å². The van der Waals surface area contributed by atoms with E-state index in [9.17, 15) is 5.11 Å². The molecule has 0 spiro atoms. The van der Waals surface area contributed by atoms with Crippen LogP contribution in [0.3, 0.4) is 0 Å². The number of rotatable bonds is 5. The van der Waals surface area contributed by atoms with Gasteiger partial charge in [0.25, 0.3) is 0 Å². The van der Waals surface area contributed by atoms with Crippen LogP contribution in [0.25, 0.3) is 0 Å². The fourth-order valence-electron chi connectivity index (χ4n) is 1.79. The van der Waals surface area contributed by atoms with Gasteiger partial charge in [-0.15, -0.1) is 11.3 Å². The molecule has 1 unspecified atom stereocenters. The molecule has 0 radical (unpaired) electrons. The summed E-state index contributed by atoms with van der Waals surface area (Å²) >= 11 is 1.48. The Labute approximate surface area is 105 Å². The molecule has 0 fully saturated rings. The molecule has 0 aliphatic heterocycles. The Bertz CT molecular complexity index is 478. The molecular formula is C12H16N2O2S. The minimum atomic E-state index is -0.716. The second-order valence-electron chi connectivity index (χ2n) is 3.73. The first-order chi connectivity index (χ1) is 8.27. The SMILES string of the molecule is CCCn1ccnc1C(O)c1sccc1OC. The van der Waals surface area contributed by atoms with Gasteiger partial charge in [-0.3, -0.25) is 0 Å². The summed E-state index contributed by atoms with van der Waals surface area (Å²) in [5, 5.41) is 12.2. The van der Waals surface area contributed by atoms with Gasteiger partial charge in [0, 0.05) is 18.9 Å². The van der Waals surface area contributed by atoms with Crippen molar-refractivity contribution in [1.29, 1.82) is 0 Å². The predicted octanol–water partition coefficient (Wildman–Crippen LogP) is 2.44. The maximum absolute atomic E-state index is 10.3. The zero-order valence-corrected chi connectivity index (χ0v) is 10.8. The van der Waals surface area contributed by atoms with Crippen molar-refractivity contribution in [3.05, 3.63) is 34.5 Å². The van der Waals surface area contributed by atoms with Crippen molar-refractivity contribution in [3.63, 3.8) is 0 Å². The van der Waals surface area contributed by atoms with Crippen LogP contribution in [0.15, 0.2) is 23.8 Å². The average Bonchev–Trinajstić information content (AvgIpc) is 2.96. The summed E-state index contributed by atoms with van der Waals surface area (Å²) in [6.07, 6.45) is 3.90. The second-order valence-corrected chi connectivity index (χ2v) is 4.68. The van der Waals surface area contributed by atoms with Gasteiger partial charge in [-0.05, 0) is 17.9 Å². The van der Waals surface area contributed by atoms with Crippen LogP contribution in [0.5, 0.6) is 5.75 Å². The number of aromatic nitrogens is 2. The summed E-state index contributed by atoms with van der Waals surface area (Å²) < 4.78 is 7.19. The van der Waals surface area contributed by atoms with Gasteiger partial charge in [0.2, 0.25) is 0 Å². The van der Waals surface area contributed by atoms with Crippen LogP contribution >= 0.6 is 11.3 Å². The number of aliphatic hydroxyl groups excluding tert-OH is 1. The van der Waals surface area contributed by atoms with Crippen LogP contribution in [-0.4, -0.2) is 21.8 Å². The van der Waals surface area contributed by atoms with Gasteiger partial charge in [-0.2, -0.15) is 0 Å². The lowest BCUT2D eigenvalue weighted by molar-refractivity contribution is 0.203. The van der Waals surface area contributed by atoms with E-state index in [1.807, 2.05) is 22.2 Å². The van der Waals surface area contributed by atoms with E-state index < -0.39 is 6.10 Å². The summed E-state index contributed by atoms with van der Waals surface area (Å²) in [6.45, 7) is 2.96. The highest BCUT2D eigenvalue weighted by molar-refractivity contribution is 7.10. The molecule has 2 aromatic rings. The largest absolute Gasteiger partial charge is 0.495 e. The van der Waals surface area contributed by atoms with Gasteiger partial charge in [0.15, 0.2) is 0 Å². The molecule has 0 aliphatic carbocycles. The zero-order chi connectivity index (χ0) is 12.3. The maximum Gasteiger partial charge on any atom is 0.149 e. The average molecular weight is 252 g/mol. The highest BCUT2D eigenvalue weighted by Gasteiger charge is 2.20. The molecule has 1 N–H and O–H groups in total. The van der Waals surface area contributed by atoms with Crippen LogP contribution in [0.4, 0.5) is 0 Å². The quantitative estimate of drug-likeness (QED) is 0.889. The highest BCUT2D eigenvalue weighted by Crippen LogP contribution is 2.33. The number of methoxy groups -OCH3 is 1. The van der Waals surface area contributed by atoms with Crippen LogP contribution < -0.4 is 4.74 Å². The number of nitrogens with zero attached hydrogens (tertiary/aromatic N) is 2. The van der Waals surface area contributed by atoms with Crippen LogP contribution in [0, 0.1) is 0 Å². The lowest BCUT2D eigenvalue weighted by Crippen LogP contribution is -2.09. The van der Waals surface area contributed by atoms with Crippen molar-refractivity contribution in [2.75, 3.05) is 7.11 Å². The summed E-state index contributed by atoms with van der Waals surface area (Å²) in [6, 6.07) is 1.86. The van der Waals surface area contributed by atoms with Crippen molar-refractivity contribution in [2.45, 2.75) is 26.0 Å². The van der Waals surface area contributed by atoms with E-state index in [1.165, 1.54) is 11.3 Å². The molecule has 2 heterocycles. The first-order valence-corrected chi connectivity index (χ1v) is 6.46. The molecule has 2 rings (SSSR count). The smallest absolute Gasteiger partial charge is 0.149 e. The number of ether oxygens (including phenoxy) is 1. The first kappa shape index (κ1) is 12.1. The van der Waals surface area contributed by atoms with Crippen molar-refractivity contribution in [3.8, 4) is 5.75 Å². The number of imidazole rings is 1. The molecule has 0 aromatic carbocycles. The zero-order valence-electron chi connectivity index (χ0n) is 9.96. The van der Waals surface area contributed by atoms with Gasteiger partial charge in [-0.1, -0.05) is 6.92 Å². The summed E-state index contributed by atoms with van der Waals surface area (Å²) in [4.78, 5) is 5.03. The van der Waals surface area contributed by atoms with E-state index in [-0.39, 0.29) is 0 Å². The third-order valence-electron chi connectivity index (χ3n) is 2.58. The standard InChI is InChI=1S/C12H16N2O2S/c1-3-6-14-7-5-13-12(14)10(15)11-9(16-2)4-8-17-11/h4-5,7-8,10,15H,3,6H2,1-2H3. The predicted molar refractivity (Wildman–Crippen MR) is 67.5 cm³/mol. The Balaban J connectivity index is 2.30.